The highest BCUT2D eigenvalue weighted by molar-refractivity contribution is 5.82. The third-order valence-electron chi connectivity index (χ3n) is 3.60. The second-order valence-electron chi connectivity index (χ2n) is 5.19. The van der Waals surface area contributed by atoms with E-state index < -0.39 is 6.10 Å². The van der Waals surface area contributed by atoms with Crippen molar-refractivity contribution in [3.63, 3.8) is 0 Å². The molecular formula is C15H18N4O2. The van der Waals surface area contributed by atoms with E-state index in [0.29, 0.717) is 19.5 Å². The van der Waals surface area contributed by atoms with Gasteiger partial charge in [-0.05, 0) is 30.2 Å². The minimum Gasteiger partial charge on any atom is -0.392 e. The van der Waals surface area contributed by atoms with Gasteiger partial charge < -0.3 is 15.7 Å². The molecule has 1 saturated heterocycles. The van der Waals surface area contributed by atoms with E-state index in [1.54, 1.807) is 10.9 Å². The number of rotatable bonds is 4. The van der Waals surface area contributed by atoms with E-state index in [4.69, 9.17) is 0 Å². The van der Waals surface area contributed by atoms with Crippen molar-refractivity contribution in [1.82, 2.24) is 20.4 Å². The van der Waals surface area contributed by atoms with Crippen LogP contribution in [0, 0.1) is 0 Å². The molecular weight excluding hydrogens is 268 g/mol. The number of carbonyl (C=O) groups excluding carboxylic acids is 1. The normalized spacial score (nSPS) is 21.4. The fraction of sp³-hybridized carbons (Fsp3) is 0.333. The number of benzene rings is 1. The Morgan fingerprint density at radius 1 is 1.43 bits per heavy atom. The van der Waals surface area contributed by atoms with Crippen LogP contribution in [0.1, 0.15) is 12.0 Å². The summed E-state index contributed by atoms with van der Waals surface area (Å²) in [6.45, 7) is 0.961. The van der Waals surface area contributed by atoms with E-state index in [9.17, 15) is 9.90 Å². The predicted octanol–water partition coefficient (Wildman–Crippen LogP) is 0.211. The van der Waals surface area contributed by atoms with Gasteiger partial charge in [-0.2, -0.15) is 5.10 Å². The van der Waals surface area contributed by atoms with Crippen molar-refractivity contribution in [2.75, 3.05) is 6.54 Å². The summed E-state index contributed by atoms with van der Waals surface area (Å²) >= 11 is 0. The average Bonchev–Trinajstić information content (AvgIpc) is 3.16. The molecule has 1 aromatic carbocycles. The predicted molar refractivity (Wildman–Crippen MR) is 77.8 cm³/mol. The summed E-state index contributed by atoms with van der Waals surface area (Å²) in [6.07, 6.45) is 3.67. The Kier molecular flexibility index (Phi) is 3.98. The van der Waals surface area contributed by atoms with Gasteiger partial charge in [-0.3, -0.25) is 4.79 Å². The molecule has 0 unspecified atom stereocenters. The molecule has 3 rings (SSSR count). The second-order valence-corrected chi connectivity index (χ2v) is 5.19. The van der Waals surface area contributed by atoms with Gasteiger partial charge in [0.25, 0.3) is 0 Å². The van der Waals surface area contributed by atoms with Crippen molar-refractivity contribution in [3.05, 3.63) is 48.3 Å². The number of aromatic nitrogens is 2. The molecule has 2 heterocycles. The molecule has 0 bridgehead atoms. The van der Waals surface area contributed by atoms with Gasteiger partial charge in [-0.15, -0.1) is 0 Å². The third kappa shape index (κ3) is 3.29. The van der Waals surface area contributed by atoms with E-state index in [1.165, 1.54) is 0 Å². The number of β-amino-alcohol motifs (C(OH)–C–C–N with tert-alkyl or cyclic N) is 1. The first kappa shape index (κ1) is 13.8. The lowest BCUT2D eigenvalue weighted by atomic mass is 10.1. The van der Waals surface area contributed by atoms with Crippen molar-refractivity contribution in [1.29, 1.82) is 0 Å². The maximum atomic E-state index is 11.9. The van der Waals surface area contributed by atoms with Crippen LogP contribution < -0.4 is 10.6 Å². The van der Waals surface area contributed by atoms with Crippen LogP contribution in [-0.2, 0) is 11.3 Å². The molecule has 0 radical (unpaired) electrons. The Labute approximate surface area is 122 Å². The lowest BCUT2D eigenvalue weighted by Gasteiger charge is -2.11. The van der Waals surface area contributed by atoms with E-state index in [2.05, 4.69) is 15.7 Å². The Bertz CT molecular complexity index is 595. The third-order valence-corrected chi connectivity index (χ3v) is 3.60. The molecule has 0 aliphatic carbocycles. The van der Waals surface area contributed by atoms with E-state index in [-0.39, 0.29) is 11.9 Å². The highest BCUT2D eigenvalue weighted by atomic mass is 16.3. The molecule has 3 N–H and O–H groups in total. The van der Waals surface area contributed by atoms with Crippen LogP contribution in [0.25, 0.3) is 5.69 Å². The fourth-order valence-electron chi connectivity index (χ4n) is 2.42. The summed E-state index contributed by atoms with van der Waals surface area (Å²) in [4.78, 5) is 11.9. The highest BCUT2D eigenvalue weighted by Crippen LogP contribution is 2.09. The quantitative estimate of drug-likeness (QED) is 0.751. The Hall–Kier alpha value is -2.18. The number of aliphatic hydroxyl groups is 1. The van der Waals surface area contributed by atoms with Crippen LogP contribution in [0.3, 0.4) is 0 Å². The highest BCUT2D eigenvalue weighted by Gasteiger charge is 2.27. The van der Waals surface area contributed by atoms with Crippen molar-refractivity contribution in [2.45, 2.75) is 25.1 Å². The number of hydrogen-bond donors (Lipinski definition) is 3. The molecule has 21 heavy (non-hydrogen) atoms. The molecule has 6 nitrogen and oxygen atoms in total. The Balaban J connectivity index is 1.55. The van der Waals surface area contributed by atoms with E-state index >= 15 is 0 Å². The molecule has 110 valence electrons. The number of nitrogens with zero attached hydrogens (tertiary/aromatic N) is 2. The fourth-order valence-corrected chi connectivity index (χ4v) is 2.42. The summed E-state index contributed by atoms with van der Waals surface area (Å²) in [5, 5.41) is 19.4. The summed E-state index contributed by atoms with van der Waals surface area (Å²) in [5.41, 5.74) is 2.01. The van der Waals surface area contributed by atoms with Crippen molar-refractivity contribution >= 4 is 5.91 Å². The molecule has 1 aliphatic heterocycles. The number of hydrogen-bond acceptors (Lipinski definition) is 4. The topological polar surface area (TPSA) is 79.2 Å². The number of amides is 1. The molecule has 2 atom stereocenters. The Morgan fingerprint density at radius 3 is 2.86 bits per heavy atom. The van der Waals surface area contributed by atoms with Gasteiger partial charge >= 0.3 is 0 Å². The lowest BCUT2D eigenvalue weighted by molar-refractivity contribution is -0.123. The van der Waals surface area contributed by atoms with Gasteiger partial charge in [-0.25, -0.2) is 4.68 Å². The number of aliphatic hydroxyl groups excluding tert-OH is 1. The zero-order valence-corrected chi connectivity index (χ0v) is 11.6. The van der Waals surface area contributed by atoms with Crippen molar-refractivity contribution < 1.29 is 9.90 Å². The van der Waals surface area contributed by atoms with Gasteiger partial charge in [0, 0.05) is 25.5 Å². The summed E-state index contributed by atoms with van der Waals surface area (Å²) in [6, 6.07) is 9.45. The van der Waals surface area contributed by atoms with Gasteiger partial charge in [0.1, 0.15) is 0 Å². The van der Waals surface area contributed by atoms with Crippen LogP contribution in [0.5, 0.6) is 0 Å². The molecule has 0 spiro atoms. The maximum Gasteiger partial charge on any atom is 0.237 e. The van der Waals surface area contributed by atoms with Crippen LogP contribution in [0.2, 0.25) is 0 Å². The van der Waals surface area contributed by atoms with Gasteiger partial charge in [0.15, 0.2) is 0 Å². The van der Waals surface area contributed by atoms with Crippen LogP contribution in [0.4, 0.5) is 0 Å². The first-order valence-electron chi connectivity index (χ1n) is 7.00. The molecule has 6 heteroatoms. The van der Waals surface area contributed by atoms with E-state index in [0.717, 1.165) is 11.3 Å². The first-order valence-corrected chi connectivity index (χ1v) is 7.00. The molecule has 1 aromatic heterocycles. The van der Waals surface area contributed by atoms with Gasteiger partial charge in [-0.1, -0.05) is 12.1 Å². The minimum absolute atomic E-state index is 0.0669. The zero-order chi connectivity index (χ0) is 14.7. The summed E-state index contributed by atoms with van der Waals surface area (Å²) in [7, 11) is 0. The first-order chi connectivity index (χ1) is 10.2. The van der Waals surface area contributed by atoms with Crippen LogP contribution >= 0.6 is 0 Å². The van der Waals surface area contributed by atoms with Crippen LogP contribution in [0.15, 0.2) is 42.7 Å². The molecule has 0 saturated carbocycles. The van der Waals surface area contributed by atoms with Crippen molar-refractivity contribution in [2.24, 2.45) is 0 Å². The molecule has 2 aromatic rings. The van der Waals surface area contributed by atoms with Gasteiger partial charge in [0.05, 0.1) is 17.8 Å². The number of nitrogens with one attached hydrogen (secondary N) is 2. The molecule has 1 fully saturated rings. The zero-order valence-electron chi connectivity index (χ0n) is 11.6. The largest absolute Gasteiger partial charge is 0.392 e. The smallest absolute Gasteiger partial charge is 0.237 e. The summed E-state index contributed by atoms with van der Waals surface area (Å²) < 4.78 is 1.78. The molecule has 1 aliphatic rings. The van der Waals surface area contributed by atoms with Crippen molar-refractivity contribution in [3.8, 4) is 5.69 Å². The van der Waals surface area contributed by atoms with E-state index in [1.807, 2.05) is 36.5 Å². The Morgan fingerprint density at radius 2 is 2.24 bits per heavy atom. The second kappa shape index (κ2) is 6.07. The number of carbonyl (C=O) groups is 1. The monoisotopic (exact) mass is 286 g/mol. The van der Waals surface area contributed by atoms with Crippen LogP contribution in [-0.4, -0.2) is 39.5 Å². The lowest BCUT2D eigenvalue weighted by Crippen LogP contribution is -2.39. The maximum absolute atomic E-state index is 11.9. The standard InChI is InChI=1S/C15H18N4O2/c20-13-8-14(16-10-13)15(21)17-9-11-2-4-12(5-3-11)19-7-1-6-18-19/h1-7,13-14,16,20H,8-10H2,(H,17,21)/t13-,14-/m1/s1. The minimum atomic E-state index is -0.422. The average molecular weight is 286 g/mol. The van der Waals surface area contributed by atoms with Gasteiger partial charge in [0.2, 0.25) is 5.91 Å². The summed E-state index contributed by atoms with van der Waals surface area (Å²) in [5.74, 6) is -0.0669. The molecule has 1 amide bonds. The SMILES string of the molecule is O=C(NCc1ccc(-n2cccn2)cc1)[C@H]1C[C@@H](O)CN1.